The standard InChI is InChI=1S/C14H17N3O6S/c1-9-12(10(2)23-15-9)8-16(3)24(20,21)14-6-5-11(22-4)7-13(14)17(18)19/h5-7H,8H2,1-4H3. The van der Waals surface area contributed by atoms with Crippen molar-refractivity contribution in [2.75, 3.05) is 14.2 Å². The Hall–Kier alpha value is -2.46. The van der Waals surface area contributed by atoms with Gasteiger partial charge in [0, 0.05) is 19.2 Å². The monoisotopic (exact) mass is 355 g/mol. The van der Waals surface area contributed by atoms with Crippen molar-refractivity contribution in [2.24, 2.45) is 0 Å². The highest BCUT2D eigenvalue weighted by Gasteiger charge is 2.31. The molecule has 0 aliphatic heterocycles. The van der Waals surface area contributed by atoms with Gasteiger partial charge in [0.2, 0.25) is 10.0 Å². The second-order valence-electron chi connectivity index (χ2n) is 5.15. The van der Waals surface area contributed by atoms with Gasteiger partial charge >= 0.3 is 0 Å². The summed E-state index contributed by atoms with van der Waals surface area (Å²) >= 11 is 0. The summed E-state index contributed by atoms with van der Waals surface area (Å²) in [4.78, 5) is 10.1. The van der Waals surface area contributed by atoms with Crippen molar-refractivity contribution in [2.45, 2.75) is 25.3 Å². The van der Waals surface area contributed by atoms with Crippen LogP contribution in [0.3, 0.4) is 0 Å². The van der Waals surface area contributed by atoms with E-state index < -0.39 is 25.5 Å². The summed E-state index contributed by atoms with van der Waals surface area (Å²) in [5, 5.41) is 15.0. The number of hydrogen-bond donors (Lipinski definition) is 0. The second kappa shape index (κ2) is 6.57. The Morgan fingerprint density at radius 1 is 1.38 bits per heavy atom. The molecule has 130 valence electrons. The van der Waals surface area contributed by atoms with Crippen LogP contribution in [0.5, 0.6) is 5.75 Å². The number of aromatic nitrogens is 1. The Kier molecular flexibility index (Phi) is 4.90. The van der Waals surface area contributed by atoms with E-state index in [0.29, 0.717) is 17.0 Å². The van der Waals surface area contributed by atoms with Gasteiger partial charge in [0.1, 0.15) is 11.5 Å². The molecule has 0 radical (unpaired) electrons. The molecule has 0 saturated carbocycles. The maximum atomic E-state index is 12.7. The van der Waals surface area contributed by atoms with Crippen LogP contribution in [0.1, 0.15) is 17.0 Å². The largest absolute Gasteiger partial charge is 0.497 e. The first kappa shape index (κ1) is 17.9. The van der Waals surface area contributed by atoms with Gasteiger partial charge in [0.15, 0.2) is 4.90 Å². The van der Waals surface area contributed by atoms with E-state index in [-0.39, 0.29) is 12.3 Å². The Labute approximate surface area is 139 Å². The van der Waals surface area contributed by atoms with Crippen LogP contribution in [0.25, 0.3) is 0 Å². The third kappa shape index (κ3) is 3.24. The second-order valence-corrected chi connectivity index (χ2v) is 7.17. The number of rotatable bonds is 6. The first-order chi connectivity index (χ1) is 11.2. The van der Waals surface area contributed by atoms with E-state index in [0.717, 1.165) is 16.4 Å². The number of hydrogen-bond acceptors (Lipinski definition) is 7. The molecular formula is C14H17N3O6S. The Balaban J connectivity index is 2.45. The van der Waals surface area contributed by atoms with E-state index >= 15 is 0 Å². The number of ether oxygens (including phenoxy) is 1. The molecule has 0 N–H and O–H groups in total. The van der Waals surface area contributed by atoms with E-state index in [2.05, 4.69) is 5.16 Å². The Morgan fingerprint density at radius 3 is 2.54 bits per heavy atom. The summed E-state index contributed by atoms with van der Waals surface area (Å²) in [6.07, 6.45) is 0. The van der Waals surface area contributed by atoms with E-state index in [9.17, 15) is 18.5 Å². The molecule has 0 spiro atoms. The summed E-state index contributed by atoms with van der Waals surface area (Å²) in [7, 11) is -1.40. The van der Waals surface area contributed by atoms with E-state index in [4.69, 9.17) is 9.26 Å². The SMILES string of the molecule is COc1ccc(S(=O)(=O)N(C)Cc2c(C)noc2C)c([N+](=O)[O-])c1. The van der Waals surface area contributed by atoms with Gasteiger partial charge in [-0.05, 0) is 26.0 Å². The molecule has 9 nitrogen and oxygen atoms in total. The fourth-order valence-electron chi connectivity index (χ4n) is 2.19. The maximum Gasteiger partial charge on any atom is 0.293 e. The topological polar surface area (TPSA) is 116 Å². The van der Waals surface area contributed by atoms with Crippen LogP contribution in [0.2, 0.25) is 0 Å². The molecule has 1 heterocycles. The minimum absolute atomic E-state index is 0.00726. The summed E-state index contributed by atoms with van der Waals surface area (Å²) < 4.78 is 36.4. The van der Waals surface area contributed by atoms with Crippen molar-refractivity contribution in [1.29, 1.82) is 0 Å². The van der Waals surface area contributed by atoms with Crippen LogP contribution in [0.4, 0.5) is 5.69 Å². The summed E-state index contributed by atoms with van der Waals surface area (Å²) in [6.45, 7) is 3.36. The number of aryl methyl sites for hydroxylation is 2. The lowest BCUT2D eigenvalue weighted by atomic mass is 10.2. The molecule has 0 aliphatic carbocycles. The van der Waals surface area contributed by atoms with Crippen molar-refractivity contribution in [3.63, 3.8) is 0 Å². The predicted molar refractivity (Wildman–Crippen MR) is 84.3 cm³/mol. The zero-order valence-electron chi connectivity index (χ0n) is 13.6. The molecule has 0 amide bonds. The van der Waals surface area contributed by atoms with Crippen LogP contribution in [0.15, 0.2) is 27.6 Å². The van der Waals surface area contributed by atoms with Crippen LogP contribution in [-0.4, -0.2) is 37.0 Å². The first-order valence-electron chi connectivity index (χ1n) is 6.89. The normalized spacial score (nSPS) is 11.7. The molecule has 0 saturated heterocycles. The Morgan fingerprint density at radius 2 is 2.04 bits per heavy atom. The molecule has 0 aliphatic rings. The maximum absolute atomic E-state index is 12.7. The van der Waals surface area contributed by atoms with Crippen molar-refractivity contribution in [1.82, 2.24) is 9.46 Å². The number of nitro benzene ring substituents is 1. The number of sulfonamides is 1. The first-order valence-corrected chi connectivity index (χ1v) is 8.33. The molecule has 10 heteroatoms. The van der Waals surface area contributed by atoms with Crippen LogP contribution in [0, 0.1) is 24.0 Å². The molecule has 2 aromatic rings. The van der Waals surface area contributed by atoms with Crippen molar-refractivity contribution in [3.8, 4) is 5.75 Å². The van der Waals surface area contributed by atoms with Gasteiger partial charge in [-0.15, -0.1) is 0 Å². The molecule has 0 fully saturated rings. The van der Waals surface area contributed by atoms with Gasteiger partial charge < -0.3 is 9.26 Å². The summed E-state index contributed by atoms with van der Waals surface area (Å²) in [5.74, 6) is 0.702. The lowest BCUT2D eigenvalue weighted by Crippen LogP contribution is -2.27. The van der Waals surface area contributed by atoms with Crippen LogP contribution >= 0.6 is 0 Å². The van der Waals surface area contributed by atoms with Gasteiger partial charge in [-0.2, -0.15) is 4.31 Å². The van der Waals surface area contributed by atoms with Gasteiger partial charge in [0.05, 0.1) is 23.8 Å². The number of nitrogens with zero attached hydrogens (tertiary/aromatic N) is 3. The fraction of sp³-hybridized carbons (Fsp3) is 0.357. The molecule has 2 rings (SSSR count). The zero-order chi connectivity index (χ0) is 18.1. The van der Waals surface area contributed by atoms with Crippen molar-refractivity contribution < 1.29 is 22.6 Å². The van der Waals surface area contributed by atoms with Crippen LogP contribution in [-0.2, 0) is 16.6 Å². The van der Waals surface area contributed by atoms with Gasteiger partial charge in [-0.3, -0.25) is 10.1 Å². The molecule has 24 heavy (non-hydrogen) atoms. The summed E-state index contributed by atoms with van der Waals surface area (Å²) in [6, 6.07) is 3.61. The molecule has 0 bridgehead atoms. The highest BCUT2D eigenvalue weighted by Crippen LogP contribution is 2.31. The van der Waals surface area contributed by atoms with E-state index in [1.165, 1.54) is 20.2 Å². The molecular weight excluding hydrogens is 338 g/mol. The number of nitro groups is 1. The highest BCUT2D eigenvalue weighted by atomic mass is 32.2. The average Bonchev–Trinajstić information content (AvgIpc) is 2.85. The minimum atomic E-state index is -4.08. The van der Waals surface area contributed by atoms with E-state index in [1.54, 1.807) is 13.8 Å². The van der Waals surface area contributed by atoms with Crippen molar-refractivity contribution in [3.05, 3.63) is 45.3 Å². The third-order valence-corrected chi connectivity index (χ3v) is 5.46. The molecule has 0 unspecified atom stereocenters. The predicted octanol–water partition coefficient (Wildman–Crippen LogP) is 2.03. The van der Waals surface area contributed by atoms with Gasteiger partial charge in [-0.25, -0.2) is 8.42 Å². The van der Waals surface area contributed by atoms with Crippen LogP contribution < -0.4 is 4.74 Å². The molecule has 1 aromatic heterocycles. The smallest absolute Gasteiger partial charge is 0.293 e. The lowest BCUT2D eigenvalue weighted by Gasteiger charge is -2.17. The molecule has 0 atom stereocenters. The van der Waals surface area contributed by atoms with Gasteiger partial charge in [-0.1, -0.05) is 5.16 Å². The molecule has 1 aromatic carbocycles. The minimum Gasteiger partial charge on any atom is -0.497 e. The fourth-order valence-corrected chi connectivity index (χ4v) is 3.46. The number of methoxy groups -OCH3 is 1. The zero-order valence-corrected chi connectivity index (χ0v) is 14.5. The quantitative estimate of drug-likeness (QED) is 0.575. The third-order valence-electron chi connectivity index (χ3n) is 3.61. The van der Waals surface area contributed by atoms with Gasteiger partial charge in [0.25, 0.3) is 5.69 Å². The summed E-state index contributed by atoms with van der Waals surface area (Å²) in [5.41, 5.74) is 0.649. The highest BCUT2D eigenvalue weighted by molar-refractivity contribution is 7.89. The number of benzene rings is 1. The Bertz CT molecular complexity index is 855. The van der Waals surface area contributed by atoms with Crippen molar-refractivity contribution >= 4 is 15.7 Å². The van der Waals surface area contributed by atoms with E-state index in [1.807, 2.05) is 0 Å². The lowest BCUT2D eigenvalue weighted by molar-refractivity contribution is -0.387. The average molecular weight is 355 g/mol.